The molecule has 10 heteroatoms. The number of fused-ring (bicyclic) bond motifs is 1. The number of pyridine rings is 2. The number of thiophene rings is 1. The zero-order chi connectivity index (χ0) is 24.9. The van der Waals surface area contributed by atoms with Crippen molar-refractivity contribution in [3.8, 4) is 22.1 Å². The second-order valence-corrected chi connectivity index (χ2v) is 9.49. The van der Waals surface area contributed by atoms with E-state index in [0.29, 0.717) is 24.6 Å². The summed E-state index contributed by atoms with van der Waals surface area (Å²) in [5.41, 5.74) is 2.86. The molecule has 186 valence electrons. The molecule has 4 aromatic rings. The van der Waals surface area contributed by atoms with Crippen LogP contribution in [0.2, 0.25) is 0 Å². The third-order valence-corrected chi connectivity index (χ3v) is 6.71. The molecule has 0 unspecified atom stereocenters. The third kappa shape index (κ3) is 5.96. The number of halogens is 1. The van der Waals surface area contributed by atoms with Crippen LogP contribution in [0.15, 0.2) is 54.7 Å². The predicted octanol–water partition coefficient (Wildman–Crippen LogP) is 5.31. The average molecular weight is 508 g/mol. The van der Waals surface area contributed by atoms with Gasteiger partial charge in [-0.15, -0.1) is 11.3 Å². The third-order valence-electron chi connectivity index (χ3n) is 5.55. The second kappa shape index (κ2) is 11.0. The van der Waals surface area contributed by atoms with Gasteiger partial charge in [-0.25, -0.2) is 9.18 Å². The van der Waals surface area contributed by atoms with Crippen LogP contribution < -0.4 is 20.7 Å². The molecule has 5 rings (SSSR count). The molecule has 3 aromatic heterocycles. The van der Waals surface area contributed by atoms with Crippen LogP contribution in [0.5, 0.6) is 11.5 Å². The van der Waals surface area contributed by atoms with Gasteiger partial charge >= 0.3 is 6.03 Å². The standard InChI is InChI=1S/C26H26FN5O3S/c1-34-12-11-28-15-18-3-2-4-20(30-18)24-14-21-25(36-24)23(9-10-29-21)35-22-8-7-17(13-19(22)27)32-26(33)31-16-5-6-16/h2-4,7-10,13-14,16,28H,5-6,11-12,15H2,1H3,(H2,31,32,33). The fraction of sp³-hybridized carbons (Fsp3) is 0.269. The average Bonchev–Trinajstić information content (AvgIpc) is 3.57. The zero-order valence-electron chi connectivity index (χ0n) is 19.7. The van der Waals surface area contributed by atoms with Gasteiger partial charge in [0, 0.05) is 50.3 Å². The molecule has 1 fully saturated rings. The summed E-state index contributed by atoms with van der Waals surface area (Å²) in [7, 11) is 1.67. The largest absolute Gasteiger partial charge is 0.453 e. The van der Waals surface area contributed by atoms with Crippen molar-refractivity contribution in [2.24, 2.45) is 0 Å². The van der Waals surface area contributed by atoms with Crippen molar-refractivity contribution in [2.75, 3.05) is 25.6 Å². The van der Waals surface area contributed by atoms with Gasteiger partial charge in [-0.1, -0.05) is 6.07 Å². The van der Waals surface area contributed by atoms with Crippen molar-refractivity contribution in [1.29, 1.82) is 0 Å². The number of methoxy groups -OCH3 is 1. The highest BCUT2D eigenvalue weighted by Crippen LogP contribution is 2.39. The Morgan fingerprint density at radius 2 is 2.06 bits per heavy atom. The molecule has 0 spiro atoms. The molecule has 1 aromatic carbocycles. The molecule has 8 nitrogen and oxygen atoms in total. The topological polar surface area (TPSA) is 97.4 Å². The van der Waals surface area contributed by atoms with E-state index in [0.717, 1.165) is 45.9 Å². The summed E-state index contributed by atoms with van der Waals surface area (Å²) in [5, 5.41) is 8.75. The van der Waals surface area contributed by atoms with Gasteiger partial charge in [-0.05, 0) is 43.2 Å². The Labute approximate surface area is 211 Å². The Bertz CT molecular complexity index is 1370. The van der Waals surface area contributed by atoms with Gasteiger partial charge < -0.3 is 25.4 Å². The first-order chi connectivity index (χ1) is 17.6. The van der Waals surface area contributed by atoms with Gasteiger partial charge in [0.2, 0.25) is 0 Å². The highest BCUT2D eigenvalue weighted by molar-refractivity contribution is 7.22. The van der Waals surface area contributed by atoms with Gasteiger partial charge in [0.05, 0.1) is 33.1 Å². The normalized spacial score (nSPS) is 13.1. The van der Waals surface area contributed by atoms with Crippen molar-refractivity contribution in [1.82, 2.24) is 20.6 Å². The predicted molar refractivity (Wildman–Crippen MR) is 138 cm³/mol. The Balaban J connectivity index is 1.32. The smallest absolute Gasteiger partial charge is 0.319 e. The molecule has 36 heavy (non-hydrogen) atoms. The number of aromatic nitrogens is 2. The van der Waals surface area contributed by atoms with Gasteiger partial charge in [0.25, 0.3) is 0 Å². The first-order valence-electron chi connectivity index (χ1n) is 11.7. The quantitative estimate of drug-likeness (QED) is 0.252. The number of hydrogen-bond acceptors (Lipinski definition) is 7. The first-order valence-corrected chi connectivity index (χ1v) is 12.5. The lowest BCUT2D eigenvalue weighted by Crippen LogP contribution is -2.30. The second-order valence-electron chi connectivity index (χ2n) is 8.44. The molecule has 1 saturated carbocycles. The minimum absolute atomic E-state index is 0.0628. The van der Waals surface area contributed by atoms with Crippen molar-refractivity contribution in [3.63, 3.8) is 0 Å². The van der Waals surface area contributed by atoms with Crippen LogP contribution in [-0.2, 0) is 11.3 Å². The Kier molecular flexibility index (Phi) is 7.36. The summed E-state index contributed by atoms with van der Waals surface area (Å²) < 4.78 is 26.6. The number of amides is 2. The molecule has 2 amide bonds. The summed E-state index contributed by atoms with van der Waals surface area (Å²) in [4.78, 5) is 22.1. The van der Waals surface area contributed by atoms with Gasteiger partial charge in [0.1, 0.15) is 5.75 Å². The highest BCUT2D eigenvalue weighted by Gasteiger charge is 2.23. The number of carbonyl (C=O) groups is 1. The summed E-state index contributed by atoms with van der Waals surface area (Å²) >= 11 is 1.49. The van der Waals surface area contributed by atoms with Crippen LogP contribution in [0.25, 0.3) is 20.8 Å². The van der Waals surface area contributed by atoms with E-state index in [1.807, 2.05) is 24.3 Å². The Morgan fingerprint density at radius 3 is 2.86 bits per heavy atom. The van der Waals surface area contributed by atoms with E-state index in [1.165, 1.54) is 23.5 Å². The van der Waals surface area contributed by atoms with Crippen molar-refractivity contribution in [3.05, 3.63) is 66.2 Å². The molecular formula is C26H26FN5O3S. The number of anilines is 1. The Hall–Kier alpha value is -3.60. The van der Waals surface area contributed by atoms with Crippen molar-refractivity contribution >= 4 is 33.3 Å². The number of carbonyl (C=O) groups excluding carboxylic acids is 1. The lowest BCUT2D eigenvalue weighted by Gasteiger charge is -2.10. The SMILES string of the molecule is COCCNCc1cccc(-c2cc3nccc(Oc4ccc(NC(=O)NC5CC5)cc4F)c3s2)n1. The van der Waals surface area contributed by atoms with Crippen molar-refractivity contribution < 1.29 is 18.7 Å². The molecule has 0 atom stereocenters. The van der Waals surface area contributed by atoms with E-state index >= 15 is 0 Å². The number of urea groups is 1. The molecule has 0 aliphatic heterocycles. The Morgan fingerprint density at radius 1 is 1.17 bits per heavy atom. The maximum Gasteiger partial charge on any atom is 0.319 e. The van der Waals surface area contributed by atoms with Crippen LogP contribution in [-0.4, -0.2) is 42.3 Å². The zero-order valence-corrected chi connectivity index (χ0v) is 20.5. The molecule has 1 aliphatic rings. The minimum Gasteiger partial charge on any atom is -0.453 e. The summed E-state index contributed by atoms with van der Waals surface area (Å²) in [6.07, 6.45) is 3.59. The van der Waals surface area contributed by atoms with Crippen LogP contribution in [0, 0.1) is 5.82 Å². The van der Waals surface area contributed by atoms with Crippen molar-refractivity contribution in [2.45, 2.75) is 25.4 Å². The number of benzene rings is 1. The van der Waals surface area contributed by atoms with E-state index in [4.69, 9.17) is 14.5 Å². The van der Waals surface area contributed by atoms with E-state index in [-0.39, 0.29) is 17.8 Å². The fourth-order valence-corrected chi connectivity index (χ4v) is 4.62. The summed E-state index contributed by atoms with van der Waals surface area (Å²) in [6, 6.07) is 13.8. The molecule has 0 radical (unpaired) electrons. The molecule has 3 heterocycles. The van der Waals surface area contributed by atoms with Crippen LogP contribution in [0.3, 0.4) is 0 Å². The summed E-state index contributed by atoms with van der Waals surface area (Å²) in [5.74, 6) is -0.0103. The van der Waals surface area contributed by atoms with Gasteiger partial charge in [0.15, 0.2) is 11.6 Å². The lowest BCUT2D eigenvalue weighted by molar-refractivity contribution is 0.199. The van der Waals surface area contributed by atoms with Gasteiger partial charge in [-0.2, -0.15) is 0 Å². The number of hydrogen-bond donors (Lipinski definition) is 3. The highest BCUT2D eigenvalue weighted by atomic mass is 32.1. The first kappa shape index (κ1) is 24.1. The number of nitrogens with zero attached hydrogens (tertiary/aromatic N) is 2. The molecule has 0 bridgehead atoms. The molecule has 3 N–H and O–H groups in total. The van der Waals surface area contributed by atoms with E-state index < -0.39 is 5.82 Å². The van der Waals surface area contributed by atoms with E-state index in [1.54, 1.807) is 25.4 Å². The summed E-state index contributed by atoms with van der Waals surface area (Å²) in [6.45, 7) is 2.03. The number of rotatable bonds is 10. The van der Waals surface area contributed by atoms with E-state index in [2.05, 4.69) is 20.9 Å². The maximum atomic E-state index is 14.8. The number of ether oxygens (including phenoxy) is 2. The molecule has 1 aliphatic carbocycles. The van der Waals surface area contributed by atoms with Crippen LogP contribution in [0.1, 0.15) is 18.5 Å². The maximum absolute atomic E-state index is 14.8. The molecular weight excluding hydrogens is 481 g/mol. The monoisotopic (exact) mass is 507 g/mol. The van der Waals surface area contributed by atoms with Crippen LogP contribution in [0.4, 0.5) is 14.9 Å². The van der Waals surface area contributed by atoms with Gasteiger partial charge in [-0.3, -0.25) is 9.97 Å². The number of nitrogens with one attached hydrogen (secondary N) is 3. The lowest BCUT2D eigenvalue weighted by atomic mass is 10.2. The minimum atomic E-state index is -0.573. The fourth-order valence-electron chi connectivity index (χ4n) is 3.59. The van der Waals surface area contributed by atoms with Crippen LogP contribution >= 0.6 is 11.3 Å². The molecule has 0 saturated heterocycles. The van der Waals surface area contributed by atoms with E-state index in [9.17, 15) is 9.18 Å².